The molecule has 1 heterocycles. The van der Waals surface area contributed by atoms with Crippen molar-refractivity contribution in [3.05, 3.63) is 53.9 Å². The van der Waals surface area contributed by atoms with Crippen LogP contribution in [-0.2, 0) is 12.5 Å². The first-order valence-corrected chi connectivity index (χ1v) is 7.53. The first-order chi connectivity index (χ1) is 10.1. The van der Waals surface area contributed by atoms with Crippen LogP contribution in [0.1, 0.15) is 37.1 Å². The van der Waals surface area contributed by atoms with E-state index >= 15 is 0 Å². The van der Waals surface area contributed by atoms with E-state index in [0.717, 1.165) is 18.5 Å². The molecule has 1 aromatic heterocycles. The summed E-state index contributed by atoms with van der Waals surface area (Å²) < 4.78 is 1.82. The minimum absolute atomic E-state index is 0.0391. The highest BCUT2D eigenvalue weighted by atomic mass is 16.3. The lowest BCUT2D eigenvalue weighted by Gasteiger charge is -2.47. The van der Waals surface area contributed by atoms with E-state index < -0.39 is 0 Å². The van der Waals surface area contributed by atoms with Gasteiger partial charge in [0.25, 0.3) is 0 Å². The molecule has 1 aliphatic rings. The van der Waals surface area contributed by atoms with E-state index in [-0.39, 0.29) is 18.1 Å². The quantitative estimate of drug-likeness (QED) is 0.885. The lowest BCUT2D eigenvalue weighted by Crippen LogP contribution is -2.51. The zero-order valence-corrected chi connectivity index (χ0v) is 12.7. The molecule has 0 aliphatic heterocycles. The molecule has 1 aliphatic carbocycles. The maximum absolute atomic E-state index is 9.63. The smallest absolute Gasteiger partial charge is 0.0728 e. The van der Waals surface area contributed by atoms with Crippen molar-refractivity contribution in [1.82, 2.24) is 15.1 Å². The first kappa shape index (κ1) is 14.3. The second-order valence-corrected chi connectivity index (χ2v) is 6.31. The lowest BCUT2D eigenvalue weighted by molar-refractivity contribution is 0.147. The Hall–Kier alpha value is -1.65. The number of aromatic nitrogens is 2. The average Bonchev–Trinajstić information content (AvgIpc) is 2.89. The van der Waals surface area contributed by atoms with Gasteiger partial charge in [0.2, 0.25) is 0 Å². The van der Waals surface area contributed by atoms with Crippen LogP contribution in [0.5, 0.6) is 0 Å². The molecule has 1 atom stereocenters. The van der Waals surface area contributed by atoms with E-state index in [9.17, 15) is 5.11 Å². The molecule has 4 nitrogen and oxygen atoms in total. The van der Waals surface area contributed by atoms with Crippen LogP contribution in [0.3, 0.4) is 0 Å². The van der Waals surface area contributed by atoms with E-state index in [1.807, 2.05) is 17.8 Å². The Morgan fingerprint density at radius 1 is 1.33 bits per heavy atom. The van der Waals surface area contributed by atoms with Crippen molar-refractivity contribution >= 4 is 0 Å². The minimum atomic E-state index is -0.0391. The van der Waals surface area contributed by atoms with Crippen molar-refractivity contribution in [2.24, 2.45) is 7.05 Å². The predicted octanol–water partition coefficient (Wildman–Crippen LogP) is 2.16. The summed E-state index contributed by atoms with van der Waals surface area (Å²) in [5.74, 6) is 0. The standard InChI is InChI=1S/C17H23N3O/c1-17(13-6-4-3-5-7-13)10-14(11-17)19-15(12-21)16-8-9-18-20(16)2/h3-9,14-15,19,21H,10-12H2,1-2H3. The third-order valence-electron chi connectivity index (χ3n) is 4.70. The summed E-state index contributed by atoms with van der Waals surface area (Å²) in [4.78, 5) is 0. The topological polar surface area (TPSA) is 50.1 Å². The second-order valence-electron chi connectivity index (χ2n) is 6.31. The van der Waals surface area contributed by atoms with Crippen molar-refractivity contribution in [3.63, 3.8) is 0 Å². The number of hydrogen-bond donors (Lipinski definition) is 2. The van der Waals surface area contributed by atoms with Crippen molar-refractivity contribution in [1.29, 1.82) is 0 Å². The number of aryl methyl sites for hydroxylation is 1. The van der Waals surface area contributed by atoms with Crippen LogP contribution in [-0.4, -0.2) is 27.5 Å². The monoisotopic (exact) mass is 285 g/mol. The predicted molar refractivity (Wildman–Crippen MR) is 83.0 cm³/mol. The highest BCUT2D eigenvalue weighted by molar-refractivity contribution is 5.28. The fourth-order valence-electron chi connectivity index (χ4n) is 3.46. The fourth-order valence-corrected chi connectivity index (χ4v) is 3.46. The Bertz CT molecular complexity index is 587. The molecule has 0 amide bonds. The molecule has 4 heteroatoms. The van der Waals surface area contributed by atoms with Gasteiger partial charge in [-0.05, 0) is 29.9 Å². The number of nitrogens with one attached hydrogen (secondary N) is 1. The molecular formula is C17H23N3O. The molecule has 1 unspecified atom stereocenters. The van der Waals surface area contributed by atoms with E-state index in [1.165, 1.54) is 5.56 Å². The van der Waals surface area contributed by atoms with Gasteiger partial charge in [0.1, 0.15) is 0 Å². The van der Waals surface area contributed by atoms with Gasteiger partial charge in [-0.25, -0.2) is 0 Å². The van der Waals surface area contributed by atoms with Crippen LogP contribution in [0, 0.1) is 0 Å². The van der Waals surface area contributed by atoms with Crippen molar-refractivity contribution in [3.8, 4) is 0 Å². The van der Waals surface area contributed by atoms with Crippen LogP contribution in [0.15, 0.2) is 42.6 Å². The summed E-state index contributed by atoms with van der Waals surface area (Å²) in [5, 5.41) is 17.4. The SMILES string of the molecule is Cn1nccc1C(CO)NC1CC(C)(c2ccccc2)C1. The van der Waals surface area contributed by atoms with Crippen LogP contribution < -0.4 is 5.32 Å². The molecule has 0 spiro atoms. The Morgan fingerprint density at radius 2 is 2.05 bits per heavy atom. The highest BCUT2D eigenvalue weighted by Crippen LogP contribution is 2.44. The van der Waals surface area contributed by atoms with Crippen LogP contribution in [0.2, 0.25) is 0 Å². The molecule has 112 valence electrons. The third kappa shape index (κ3) is 2.74. The lowest BCUT2D eigenvalue weighted by atomic mass is 9.63. The summed E-state index contributed by atoms with van der Waals surface area (Å²) in [6.07, 6.45) is 3.98. The maximum Gasteiger partial charge on any atom is 0.0728 e. The number of rotatable bonds is 5. The molecule has 2 aromatic rings. The summed E-state index contributed by atoms with van der Waals surface area (Å²) in [6, 6.07) is 13.1. The highest BCUT2D eigenvalue weighted by Gasteiger charge is 2.42. The summed E-state index contributed by atoms with van der Waals surface area (Å²) >= 11 is 0. The van der Waals surface area contributed by atoms with E-state index in [0.29, 0.717) is 6.04 Å². The van der Waals surface area contributed by atoms with Gasteiger partial charge in [-0.2, -0.15) is 5.10 Å². The minimum Gasteiger partial charge on any atom is -0.394 e. The second kappa shape index (κ2) is 5.62. The normalized spacial score (nSPS) is 26.3. The zero-order chi connectivity index (χ0) is 14.9. The molecule has 0 saturated heterocycles. The third-order valence-corrected chi connectivity index (χ3v) is 4.70. The molecular weight excluding hydrogens is 262 g/mol. The van der Waals surface area contributed by atoms with Gasteiger partial charge in [-0.1, -0.05) is 37.3 Å². The Labute approximate surface area is 125 Å². The molecule has 1 saturated carbocycles. The number of aliphatic hydroxyl groups excluding tert-OH is 1. The van der Waals surface area contributed by atoms with Crippen molar-refractivity contribution < 1.29 is 5.11 Å². The van der Waals surface area contributed by atoms with Crippen molar-refractivity contribution in [2.45, 2.75) is 37.3 Å². The molecule has 21 heavy (non-hydrogen) atoms. The summed E-state index contributed by atoms with van der Waals surface area (Å²) in [7, 11) is 1.91. The van der Waals surface area contributed by atoms with Gasteiger partial charge < -0.3 is 10.4 Å². The first-order valence-electron chi connectivity index (χ1n) is 7.53. The summed E-state index contributed by atoms with van der Waals surface area (Å²) in [6.45, 7) is 2.41. The van der Waals surface area contributed by atoms with Gasteiger partial charge in [-0.3, -0.25) is 4.68 Å². The molecule has 3 rings (SSSR count). The molecule has 0 radical (unpaired) electrons. The Balaban J connectivity index is 1.63. The molecule has 2 N–H and O–H groups in total. The number of benzene rings is 1. The Kier molecular flexibility index (Phi) is 3.83. The van der Waals surface area contributed by atoms with E-state index in [2.05, 4.69) is 47.7 Å². The number of aliphatic hydroxyl groups is 1. The van der Waals surface area contributed by atoms with Crippen LogP contribution in [0.4, 0.5) is 0 Å². The number of hydrogen-bond acceptors (Lipinski definition) is 3. The maximum atomic E-state index is 9.63. The van der Waals surface area contributed by atoms with E-state index in [1.54, 1.807) is 6.20 Å². The van der Waals surface area contributed by atoms with Gasteiger partial charge >= 0.3 is 0 Å². The fraction of sp³-hybridized carbons (Fsp3) is 0.471. The Morgan fingerprint density at radius 3 is 2.62 bits per heavy atom. The van der Waals surface area contributed by atoms with Crippen molar-refractivity contribution in [2.75, 3.05) is 6.61 Å². The molecule has 1 fully saturated rings. The molecule has 0 bridgehead atoms. The summed E-state index contributed by atoms with van der Waals surface area (Å²) in [5.41, 5.74) is 2.70. The van der Waals surface area contributed by atoms with E-state index in [4.69, 9.17) is 0 Å². The van der Waals surface area contributed by atoms with Gasteiger partial charge in [0.15, 0.2) is 0 Å². The average molecular weight is 285 g/mol. The largest absolute Gasteiger partial charge is 0.394 e. The zero-order valence-electron chi connectivity index (χ0n) is 12.7. The van der Waals surface area contributed by atoms with Gasteiger partial charge in [0, 0.05) is 19.3 Å². The number of nitrogens with zero attached hydrogens (tertiary/aromatic N) is 2. The van der Waals surface area contributed by atoms with Gasteiger partial charge in [0.05, 0.1) is 18.3 Å². The van der Waals surface area contributed by atoms with Gasteiger partial charge in [-0.15, -0.1) is 0 Å². The van der Waals surface area contributed by atoms with Crippen LogP contribution in [0.25, 0.3) is 0 Å². The molecule has 1 aromatic carbocycles. The van der Waals surface area contributed by atoms with Crippen LogP contribution >= 0.6 is 0 Å².